The van der Waals surface area contributed by atoms with Crippen molar-refractivity contribution in [2.75, 3.05) is 23.4 Å². The number of hydrogen-bond donors (Lipinski definition) is 1. The van der Waals surface area contributed by atoms with Crippen molar-refractivity contribution in [3.8, 4) is 5.75 Å². The quantitative estimate of drug-likeness (QED) is 0.506. The number of ether oxygens (including phenoxy) is 1. The van der Waals surface area contributed by atoms with Crippen molar-refractivity contribution in [2.24, 2.45) is 0 Å². The van der Waals surface area contributed by atoms with Crippen LogP contribution in [0.1, 0.15) is 19.8 Å². The summed E-state index contributed by atoms with van der Waals surface area (Å²) >= 11 is 0. The third-order valence-electron chi connectivity index (χ3n) is 4.65. The molecule has 1 saturated heterocycles. The second-order valence-electron chi connectivity index (χ2n) is 6.87. The minimum atomic E-state index is -0.886. The molecule has 30 heavy (non-hydrogen) atoms. The lowest BCUT2D eigenvalue weighted by atomic mass is 10.1. The minimum absolute atomic E-state index is 0.143. The lowest BCUT2D eigenvalue weighted by Gasteiger charge is -2.19. The number of nitrogens with one attached hydrogen (secondary N) is 1. The fourth-order valence-corrected chi connectivity index (χ4v) is 3.24. The molecule has 3 rings (SSSR count). The first kappa shape index (κ1) is 21.1. The van der Waals surface area contributed by atoms with Gasteiger partial charge in [-0.15, -0.1) is 6.58 Å². The first-order valence-corrected chi connectivity index (χ1v) is 9.88. The Bertz CT molecular complexity index is 912. The van der Waals surface area contributed by atoms with Gasteiger partial charge in [0.2, 0.25) is 5.91 Å². The molecular formula is C23H25N3O4. The normalized spacial score (nSPS) is 16.0. The maximum Gasteiger partial charge on any atom is 0.332 e. The Kier molecular flexibility index (Phi) is 6.85. The standard InChI is InChI=1S/C23H25N3O4/c1-3-14-25-20(22(28)26(23(25)29)18-8-6-5-7-9-18)16-21(27)24-17-10-12-19(13-11-17)30-15-4-2/h3,5-13,20H,1,4,14-16H2,2H3,(H,24,27)/t20-/m0/s1. The molecule has 0 spiro atoms. The number of amides is 4. The zero-order valence-electron chi connectivity index (χ0n) is 16.9. The van der Waals surface area contributed by atoms with Crippen molar-refractivity contribution in [2.45, 2.75) is 25.8 Å². The molecule has 0 radical (unpaired) electrons. The average molecular weight is 407 g/mol. The highest BCUT2D eigenvalue weighted by atomic mass is 16.5. The van der Waals surface area contributed by atoms with Crippen LogP contribution in [0.25, 0.3) is 0 Å². The molecule has 1 N–H and O–H groups in total. The third-order valence-corrected chi connectivity index (χ3v) is 4.65. The molecule has 1 atom stereocenters. The molecule has 0 aliphatic carbocycles. The Morgan fingerprint density at radius 1 is 1.13 bits per heavy atom. The molecular weight excluding hydrogens is 382 g/mol. The fourth-order valence-electron chi connectivity index (χ4n) is 3.24. The van der Waals surface area contributed by atoms with Crippen LogP contribution in [0, 0.1) is 0 Å². The number of nitrogens with zero attached hydrogens (tertiary/aromatic N) is 2. The van der Waals surface area contributed by atoms with Crippen molar-refractivity contribution < 1.29 is 19.1 Å². The monoisotopic (exact) mass is 407 g/mol. The van der Waals surface area contributed by atoms with Crippen LogP contribution in [0.15, 0.2) is 67.3 Å². The third kappa shape index (κ3) is 4.68. The topological polar surface area (TPSA) is 79.0 Å². The Labute approximate surface area is 175 Å². The van der Waals surface area contributed by atoms with Gasteiger partial charge in [-0.25, -0.2) is 9.69 Å². The van der Waals surface area contributed by atoms with Crippen molar-refractivity contribution in [1.29, 1.82) is 0 Å². The number of imide groups is 1. The van der Waals surface area contributed by atoms with Crippen molar-refractivity contribution in [3.05, 3.63) is 67.3 Å². The molecule has 0 saturated carbocycles. The molecule has 0 bridgehead atoms. The summed E-state index contributed by atoms with van der Waals surface area (Å²) in [5.74, 6) is -0.0547. The second kappa shape index (κ2) is 9.73. The van der Waals surface area contributed by atoms with Crippen LogP contribution in [0.4, 0.5) is 16.2 Å². The first-order chi connectivity index (χ1) is 14.5. The highest BCUT2D eigenvalue weighted by Gasteiger charge is 2.46. The van der Waals surface area contributed by atoms with Gasteiger partial charge in [0.05, 0.1) is 18.7 Å². The van der Waals surface area contributed by atoms with Gasteiger partial charge < -0.3 is 15.0 Å². The number of carbonyl (C=O) groups excluding carboxylic acids is 3. The zero-order chi connectivity index (χ0) is 21.5. The summed E-state index contributed by atoms with van der Waals surface area (Å²) < 4.78 is 5.53. The Morgan fingerprint density at radius 2 is 1.83 bits per heavy atom. The van der Waals surface area contributed by atoms with Crippen LogP contribution < -0.4 is 15.0 Å². The van der Waals surface area contributed by atoms with Gasteiger partial charge in [0.1, 0.15) is 11.8 Å². The molecule has 1 heterocycles. The summed E-state index contributed by atoms with van der Waals surface area (Å²) in [4.78, 5) is 40.9. The van der Waals surface area contributed by atoms with E-state index >= 15 is 0 Å². The van der Waals surface area contributed by atoms with Gasteiger partial charge in [0.25, 0.3) is 5.91 Å². The lowest BCUT2D eigenvalue weighted by molar-refractivity contribution is -0.124. The van der Waals surface area contributed by atoms with Gasteiger partial charge in [0, 0.05) is 12.2 Å². The number of hydrogen-bond acceptors (Lipinski definition) is 4. The highest BCUT2D eigenvalue weighted by molar-refractivity contribution is 6.22. The van der Waals surface area contributed by atoms with Crippen molar-refractivity contribution >= 4 is 29.2 Å². The van der Waals surface area contributed by atoms with E-state index < -0.39 is 18.0 Å². The van der Waals surface area contributed by atoms with Gasteiger partial charge in [-0.05, 0) is 42.8 Å². The molecule has 7 heteroatoms. The number of carbonyl (C=O) groups is 3. The number of rotatable bonds is 9. The predicted octanol–water partition coefficient (Wildman–Crippen LogP) is 3.83. The Morgan fingerprint density at radius 3 is 2.47 bits per heavy atom. The lowest BCUT2D eigenvalue weighted by Crippen LogP contribution is -2.38. The van der Waals surface area contributed by atoms with E-state index in [1.807, 2.05) is 6.92 Å². The number of anilines is 2. The molecule has 7 nitrogen and oxygen atoms in total. The van der Waals surface area contributed by atoms with Crippen molar-refractivity contribution in [3.63, 3.8) is 0 Å². The summed E-state index contributed by atoms with van der Waals surface area (Å²) in [5.41, 5.74) is 1.07. The number of benzene rings is 2. The number of urea groups is 1. The van der Waals surface area contributed by atoms with Crippen LogP contribution in [-0.2, 0) is 9.59 Å². The Balaban J connectivity index is 1.70. The van der Waals surface area contributed by atoms with Gasteiger partial charge in [-0.3, -0.25) is 9.59 Å². The smallest absolute Gasteiger partial charge is 0.332 e. The van der Waals surface area contributed by atoms with Gasteiger partial charge in [-0.2, -0.15) is 0 Å². The van der Waals surface area contributed by atoms with Gasteiger partial charge in [-0.1, -0.05) is 31.2 Å². The van der Waals surface area contributed by atoms with Gasteiger partial charge in [0.15, 0.2) is 0 Å². The molecule has 1 aliphatic heterocycles. The van der Waals surface area contributed by atoms with Crippen LogP contribution in [0.2, 0.25) is 0 Å². The van der Waals surface area contributed by atoms with E-state index in [0.29, 0.717) is 18.0 Å². The fraction of sp³-hybridized carbons (Fsp3) is 0.261. The molecule has 156 valence electrons. The largest absolute Gasteiger partial charge is 0.494 e. The summed E-state index contributed by atoms with van der Waals surface area (Å²) in [7, 11) is 0. The highest BCUT2D eigenvalue weighted by Crippen LogP contribution is 2.27. The first-order valence-electron chi connectivity index (χ1n) is 9.88. The molecule has 1 fully saturated rings. The van der Waals surface area contributed by atoms with E-state index in [2.05, 4.69) is 11.9 Å². The van der Waals surface area contributed by atoms with E-state index in [0.717, 1.165) is 17.1 Å². The summed E-state index contributed by atoms with van der Waals surface area (Å²) in [5, 5.41) is 2.78. The molecule has 0 aromatic heterocycles. The zero-order valence-corrected chi connectivity index (χ0v) is 16.9. The SMILES string of the molecule is C=CCN1C(=O)N(c2ccccc2)C(=O)[C@@H]1CC(=O)Nc1ccc(OCCC)cc1. The summed E-state index contributed by atoms with van der Waals surface area (Å²) in [6, 6.07) is 14.4. The van der Waals surface area contributed by atoms with Crippen LogP contribution in [0.5, 0.6) is 5.75 Å². The minimum Gasteiger partial charge on any atom is -0.494 e. The maximum absolute atomic E-state index is 13.0. The Hall–Kier alpha value is -3.61. The number of para-hydroxylation sites is 1. The second-order valence-corrected chi connectivity index (χ2v) is 6.87. The van der Waals surface area contributed by atoms with E-state index in [4.69, 9.17) is 4.74 Å². The summed E-state index contributed by atoms with van der Waals surface area (Å²) in [6.45, 7) is 6.48. The maximum atomic E-state index is 13.0. The van der Waals surface area contributed by atoms with Crippen LogP contribution in [0.3, 0.4) is 0 Å². The van der Waals surface area contributed by atoms with E-state index in [-0.39, 0.29) is 18.9 Å². The summed E-state index contributed by atoms with van der Waals surface area (Å²) in [6.07, 6.45) is 2.31. The molecule has 4 amide bonds. The van der Waals surface area contributed by atoms with Gasteiger partial charge >= 0.3 is 6.03 Å². The predicted molar refractivity (Wildman–Crippen MR) is 115 cm³/mol. The molecule has 0 unspecified atom stereocenters. The molecule has 1 aliphatic rings. The van der Waals surface area contributed by atoms with E-state index in [9.17, 15) is 14.4 Å². The van der Waals surface area contributed by atoms with Crippen molar-refractivity contribution in [1.82, 2.24) is 4.90 Å². The molecule has 2 aromatic carbocycles. The van der Waals surface area contributed by atoms with Crippen LogP contribution in [-0.4, -0.2) is 41.9 Å². The van der Waals surface area contributed by atoms with Crippen LogP contribution >= 0.6 is 0 Å². The average Bonchev–Trinajstić information content (AvgIpc) is 2.98. The van der Waals surface area contributed by atoms with E-state index in [1.54, 1.807) is 60.7 Å². The molecule has 2 aromatic rings. The van der Waals surface area contributed by atoms with E-state index in [1.165, 1.54) is 4.90 Å².